The molecule has 0 fully saturated rings. The third-order valence-corrected chi connectivity index (χ3v) is 14.7. The lowest BCUT2D eigenvalue weighted by Crippen LogP contribution is -1.76. The maximum atomic E-state index is 2.42. The Bertz CT molecular complexity index is 1550. The van der Waals surface area contributed by atoms with Gasteiger partial charge in [0.25, 0.3) is 0 Å². The first-order valence-corrected chi connectivity index (χ1v) is 18.1. The van der Waals surface area contributed by atoms with Crippen LogP contribution in [0.25, 0.3) is 48.8 Å². The number of hydrogen-bond acceptors (Lipinski definition) is 6. The molecule has 0 saturated heterocycles. The van der Waals surface area contributed by atoms with E-state index in [1.807, 2.05) is 68.0 Å². The van der Waals surface area contributed by atoms with Crippen LogP contribution in [-0.4, -0.2) is 0 Å². The van der Waals surface area contributed by atoms with Crippen LogP contribution in [0.1, 0.15) is 48.6 Å². The van der Waals surface area contributed by atoms with Crippen LogP contribution >= 0.6 is 68.0 Å². The van der Waals surface area contributed by atoms with Gasteiger partial charge in [0.1, 0.15) is 0 Å². The van der Waals surface area contributed by atoms with Crippen molar-refractivity contribution in [2.75, 3.05) is 0 Å². The van der Waals surface area contributed by atoms with Gasteiger partial charge in [0, 0.05) is 58.5 Å². The first-order chi connectivity index (χ1) is 18.6. The normalized spacial score (nSPS) is 11.6. The second-order valence-corrected chi connectivity index (χ2v) is 15.8. The Morgan fingerprint density at radius 2 is 0.737 bits per heavy atom. The summed E-state index contributed by atoms with van der Waals surface area (Å²) in [6.45, 7) is 9.03. The zero-order valence-electron chi connectivity index (χ0n) is 22.1. The molecule has 6 heteroatoms. The van der Waals surface area contributed by atoms with E-state index in [0.29, 0.717) is 0 Å². The number of hydrogen-bond donors (Lipinski definition) is 0. The van der Waals surface area contributed by atoms with Crippen molar-refractivity contribution in [1.29, 1.82) is 0 Å². The van der Waals surface area contributed by atoms with E-state index in [2.05, 4.69) is 88.4 Å². The molecule has 6 aromatic rings. The molecule has 0 nitrogen and oxygen atoms in total. The number of aryl methyl sites for hydroxylation is 4. The molecular weight excluding hydrogens is 577 g/mol. The molecule has 0 aliphatic rings. The molecule has 6 heterocycles. The monoisotopic (exact) mass is 606 g/mol. The molecule has 0 aliphatic heterocycles. The standard InChI is InChI=1S/C32H30S6/c1-5-19-17-29(25-11-9-21(7-3)33-25)37-31(19)27-15-13-23(35-27)24-14-16-28(36-24)32-20(6-2)18-30(38-32)26-12-10-22(8-4)34-26/h9-18H,5-8H2,1-4H3. The van der Waals surface area contributed by atoms with Gasteiger partial charge in [-0.3, -0.25) is 0 Å². The van der Waals surface area contributed by atoms with Crippen LogP contribution in [0.2, 0.25) is 0 Å². The molecule has 0 spiro atoms. The molecular formula is C32H30S6. The Morgan fingerprint density at radius 1 is 0.368 bits per heavy atom. The summed E-state index contributed by atoms with van der Waals surface area (Å²) in [5, 5.41) is 0. The average molecular weight is 607 g/mol. The van der Waals surface area contributed by atoms with Gasteiger partial charge in [-0.1, -0.05) is 27.7 Å². The summed E-state index contributed by atoms with van der Waals surface area (Å²) in [6, 6.07) is 23.3. The molecule has 38 heavy (non-hydrogen) atoms. The molecule has 6 rings (SSSR count). The number of thiophene rings is 6. The quantitative estimate of drug-likeness (QED) is 0.154. The van der Waals surface area contributed by atoms with Crippen molar-refractivity contribution >= 4 is 68.0 Å². The summed E-state index contributed by atoms with van der Waals surface area (Å²) >= 11 is 11.7. The van der Waals surface area contributed by atoms with Crippen LogP contribution in [0.3, 0.4) is 0 Å². The van der Waals surface area contributed by atoms with Crippen molar-refractivity contribution in [3.8, 4) is 48.8 Å². The summed E-state index contributed by atoms with van der Waals surface area (Å²) in [4.78, 5) is 17.0. The predicted molar refractivity (Wildman–Crippen MR) is 178 cm³/mol. The SMILES string of the molecule is CCc1ccc(-c2cc(CC)c(-c3ccc(-c4ccc(-c5sc(-c6ccc(CC)s6)cc5CC)s4)s3)s2)s1. The van der Waals surface area contributed by atoms with Gasteiger partial charge < -0.3 is 0 Å². The Kier molecular flexibility index (Phi) is 7.90. The summed E-state index contributed by atoms with van der Waals surface area (Å²) in [6.07, 6.45) is 4.36. The van der Waals surface area contributed by atoms with E-state index in [1.165, 1.54) is 69.7 Å². The molecule has 0 bridgehead atoms. The highest BCUT2D eigenvalue weighted by molar-refractivity contribution is 7.30. The van der Waals surface area contributed by atoms with Gasteiger partial charge in [0.05, 0.1) is 0 Å². The fourth-order valence-electron chi connectivity index (χ4n) is 4.63. The van der Waals surface area contributed by atoms with Crippen molar-refractivity contribution in [3.05, 3.63) is 81.5 Å². The molecule has 0 radical (unpaired) electrons. The molecule has 0 amide bonds. The van der Waals surface area contributed by atoms with Crippen molar-refractivity contribution in [1.82, 2.24) is 0 Å². The van der Waals surface area contributed by atoms with E-state index >= 15 is 0 Å². The maximum absolute atomic E-state index is 2.42. The van der Waals surface area contributed by atoms with Crippen LogP contribution in [0.4, 0.5) is 0 Å². The molecule has 0 aliphatic carbocycles. The van der Waals surface area contributed by atoms with Gasteiger partial charge in [0.2, 0.25) is 0 Å². The minimum atomic E-state index is 1.07. The van der Waals surface area contributed by atoms with Crippen LogP contribution in [0.15, 0.2) is 60.7 Å². The van der Waals surface area contributed by atoms with Crippen LogP contribution in [-0.2, 0) is 25.7 Å². The highest BCUT2D eigenvalue weighted by Crippen LogP contribution is 2.48. The van der Waals surface area contributed by atoms with Gasteiger partial charge in [-0.05, 0) is 97.5 Å². The van der Waals surface area contributed by atoms with E-state index in [0.717, 1.165) is 25.7 Å². The summed E-state index contributed by atoms with van der Waals surface area (Å²) in [7, 11) is 0. The molecule has 0 unspecified atom stereocenters. The molecule has 0 aromatic carbocycles. The topological polar surface area (TPSA) is 0 Å². The average Bonchev–Trinajstić information content (AvgIpc) is 3.78. The summed E-state index contributed by atoms with van der Waals surface area (Å²) in [5.41, 5.74) is 2.94. The molecule has 0 saturated carbocycles. The third-order valence-electron chi connectivity index (χ3n) is 6.79. The highest BCUT2D eigenvalue weighted by Gasteiger charge is 2.18. The number of rotatable bonds is 9. The van der Waals surface area contributed by atoms with Gasteiger partial charge in [-0.2, -0.15) is 0 Å². The lowest BCUT2D eigenvalue weighted by Gasteiger charge is -1.97. The Labute approximate surface area is 249 Å². The van der Waals surface area contributed by atoms with Gasteiger partial charge in [-0.15, -0.1) is 68.0 Å². The summed E-state index contributed by atoms with van der Waals surface area (Å²) in [5.74, 6) is 0. The van der Waals surface area contributed by atoms with E-state index in [1.54, 1.807) is 0 Å². The van der Waals surface area contributed by atoms with Crippen molar-refractivity contribution in [2.24, 2.45) is 0 Å². The highest BCUT2D eigenvalue weighted by atomic mass is 32.1. The third kappa shape index (κ3) is 5.07. The molecule has 0 N–H and O–H groups in total. The van der Waals surface area contributed by atoms with Gasteiger partial charge in [0.15, 0.2) is 0 Å². The van der Waals surface area contributed by atoms with Crippen LogP contribution in [0.5, 0.6) is 0 Å². The van der Waals surface area contributed by atoms with Crippen LogP contribution < -0.4 is 0 Å². The van der Waals surface area contributed by atoms with E-state index in [4.69, 9.17) is 0 Å². The fraction of sp³-hybridized carbons (Fsp3) is 0.250. The lowest BCUT2D eigenvalue weighted by atomic mass is 10.1. The first kappa shape index (κ1) is 26.4. The van der Waals surface area contributed by atoms with E-state index in [9.17, 15) is 0 Å². The molecule has 194 valence electrons. The van der Waals surface area contributed by atoms with E-state index < -0.39 is 0 Å². The molecule has 6 aromatic heterocycles. The maximum Gasteiger partial charge on any atom is 0.0481 e. The molecule has 0 atom stereocenters. The summed E-state index contributed by atoms with van der Waals surface area (Å²) < 4.78 is 0. The predicted octanol–water partition coefficient (Wildman–Crippen LogP) is 12.6. The minimum absolute atomic E-state index is 1.07. The smallest absolute Gasteiger partial charge is 0.0481 e. The van der Waals surface area contributed by atoms with Gasteiger partial charge in [-0.25, -0.2) is 0 Å². The fourth-order valence-corrected chi connectivity index (χ4v) is 11.6. The Morgan fingerprint density at radius 3 is 1.11 bits per heavy atom. The Balaban J connectivity index is 1.29. The van der Waals surface area contributed by atoms with Crippen molar-refractivity contribution in [3.63, 3.8) is 0 Å². The zero-order valence-corrected chi connectivity index (χ0v) is 27.0. The van der Waals surface area contributed by atoms with Crippen molar-refractivity contribution in [2.45, 2.75) is 53.4 Å². The zero-order chi connectivity index (χ0) is 26.2. The van der Waals surface area contributed by atoms with Crippen LogP contribution in [0, 0.1) is 0 Å². The largest absolute Gasteiger partial charge is 0.139 e. The minimum Gasteiger partial charge on any atom is -0.139 e. The lowest BCUT2D eigenvalue weighted by molar-refractivity contribution is 1.16. The van der Waals surface area contributed by atoms with E-state index in [-0.39, 0.29) is 0 Å². The second-order valence-electron chi connectivity index (χ2n) is 9.20. The van der Waals surface area contributed by atoms with Crippen molar-refractivity contribution < 1.29 is 0 Å². The first-order valence-electron chi connectivity index (χ1n) is 13.2. The Hall–Kier alpha value is -1.80. The second kappa shape index (κ2) is 11.4. The van der Waals surface area contributed by atoms with Gasteiger partial charge >= 0.3 is 0 Å².